The SMILES string of the molecule is O=[N+]([O-])[C-]([N+](=O)[O-])[n+]1ccccc1. The van der Waals surface area contributed by atoms with Gasteiger partial charge >= 0.3 is 6.29 Å². The van der Waals surface area contributed by atoms with Crippen LogP contribution in [-0.4, -0.2) is 9.85 Å². The van der Waals surface area contributed by atoms with Gasteiger partial charge in [-0.2, -0.15) is 4.57 Å². The molecule has 7 heteroatoms. The molecule has 13 heavy (non-hydrogen) atoms. The van der Waals surface area contributed by atoms with E-state index in [1.54, 1.807) is 6.07 Å². The number of hydrogen-bond donors (Lipinski definition) is 0. The van der Waals surface area contributed by atoms with Crippen LogP contribution in [0.2, 0.25) is 0 Å². The highest BCUT2D eigenvalue weighted by Crippen LogP contribution is 1.95. The molecule has 0 radical (unpaired) electrons. The minimum atomic E-state index is -1.08. The number of rotatable bonds is 3. The van der Waals surface area contributed by atoms with E-state index in [2.05, 4.69) is 0 Å². The predicted molar refractivity (Wildman–Crippen MR) is 39.3 cm³/mol. The second-order valence-corrected chi connectivity index (χ2v) is 2.10. The molecule has 0 aliphatic heterocycles. The molecule has 0 atom stereocenters. The first-order valence-corrected chi connectivity index (χ1v) is 3.25. The average Bonchev–Trinajstić information content (AvgIpc) is 2.04. The van der Waals surface area contributed by atoms with E-state index in [0.717, 1.165) is 4.57 Å². The fraction of sp³-hybridized carbons (Fsp3) is 0. The number of nitro groups is 2. The van der Waals surface area contributed by atoms with Crippen LogP contribution in [-0.2, 0) is 0 Å². The molecule has 0 saturated carbocycles. The summed E-state index contributed by atoms with van der Waals surface area (Å²) in [7, 11) is 0. The Labute approximate surface area is 72.5 Å². The number of pyridine rings is 1. The summed E-state index contributed by atoms with van der Waals surface area (Å²) in [5, 5.41) is 20.5. The van der Waals surface area contributed by atoms with E-state index in [-0.39, 0.29) is 0 Å². The first kappa shape index (κ1) is 8.91. The molecule has 1 aromatic rings. The fourth-order valence-corrected chi connectivity index (χ4v) is 0.787. The van der Waals surface area contributed by atoms with E-state index in [9.17, 15) is 20.2 Å². The zero-order valence-electron chi connectivity index (χ0n) is 6.36. The standard InChI is InChI=1S/C6H5N3O4/c10-8(11)6(9(12)13)7-4-2-1-3-5-7/h1-5H. The van der Waals surface area contributed by atoms with Crippen molar-refractivity contribution in [3.8, 4) is 0 Å². The van der Waals surface area contributed by atoms with Crippen molar-refractivity contribution in [2.45, 2.75) is 0 Å². The van der Waals surface area contributed by atoms with Gasteiger partial charge in [-0.25, -0.2) is 0 Å². The third-order valence-corrected chi connectivity index (χ3v) is 1.27. The Morgan fingerprint density at radius 1 is 1.00 bits per heavy atom. The van der Waals surface area contributed by atoms with Gasteiger partial charge < -0.3 is 0 Å². The van der Waals surface area contributed by atoms with Crippen LogP contribution >= 0.6 is 0 Å². The van der Waals surface area contributed by atoms with Gasteiger partial charge in [0, 0.05) is 0 Å². The molecule has 0 aliphatic rings. The van der Waals surface area contributed by atoms with E-state index in [1.807, 2.05) is 0 Å². The molecule has 68 valence electrons. The average molecular weight is 183 g/mol. The molecular weight excluding hydrogens is 178 g/mol. The molecule has 1 rings (SSSR count). The van der Waals surface area contributed by atoms with Gasteiger partial charge in [-0.3, -0.25) is 20.2 Å². The lowest BCUT2D eigenvalue weighted by atomic mass is 10.5. The zero-order valence-corrected chi connectivity index (χ0v) is 6.36. The second-order valence-electron chi connectivity index (χ2n) is 2.10. The van der Waals surface area contributed by atoms with E-state index >= 15 is 0 Å². The Kier molecular flexibility index (Phi) is 2.38. The van der Waals surface area contributed by atoms with Crippen molar-refractivity contribution < 1.29 is 14.4 Å². The summed E-state index contributed by atoms with van der Waals surface area (Å²) in [4.78, 5) is 18.4. The van der Waals surface area contributed by atoms with Crippen LogP contribution in [0.15, 0.2) is 30.6 Å². The molecular formula is C6H5N3O4. The maximum atomic E-state index is 10.2. The molecule has 1 heterocycles. The molecule has 0 aromatic carbocycles. The maximum absolute atomic E-state index is 10.2. The molecule has 0 fully saturated rings. The topological polar surface area (TPSA) is 90.2 Å². The summed E-state index contributed by atoms with van der Waals surface area (Å²) < 4.78 is 0.833. The molecule has 0 N–H and O–H groups in total. The Bertz CT molecular complexity index is 312. The number of nitrogens with zero attached hydrogens (tertiary/aromatic N) is 3. The lowest BCUT2D eigenvalue weighted by Gasteiger charge is -1.98. The van der Waals surface area contributed by atoms with Crippen molar-refractivity contribution in [3.05, 3.63) is 57.1 Å². The summed E-state index contributed by atoms with van der Waals surface area (Å²) in [6, 6.07) is 4.54. The van der Waals surface area contributed by atoms with Gasteiger partial charge in [-0.1, -0.05) is 18.2 Å². The summed E-state index contributed by atoms with van der Waals surface area (Å²) in [5.74, 6) is 0. The normalized spacial score (nSPS) is 9.23. The van der Waals surface area contributed by atoms with Crippen molar-refractivity contribution in [2.75, 3.05) is 0 Å². The van der Waals surface area contributed by atoms with Gasteiger partial charge in [-0.05, 0) is 0 Å². The maximum Gasteiger partial charge on any atom is 0.711 e. The molecule has 7 nitrogen and oxygen atoms in total. The third kappa shape index (κ3) is 1.89. The van der Waals surface area contributed by atoms with Crippen LogP contribution in [0.4, 0.5) is 0 Å². The monoisotopic (exact) mass is 183 g/mol. The summed E-state index contributed by atoms with van der Waals surface area (Å²) >= 11 is 0. The minimum absolute atomic E-state index is 0.833. The smallest absolute Gasteiger partial charge is 0.260 e. The van der Waals surface area contributed by atoms with Gasteiger partial charge in [0.25, 0.3) is 0 Å². The van der Waals surface area contributed by atoms with E-state index in [4.69, 9.17) is 0 Å². The first-order chi connectivity index (χ1) is 6.13. The molecule has 0 amide bonds. The fourth-order valence-electron chi connectivity index (χ4n) is 0.787. The highest BCUT2D eigenvalue weighted by molar-refractivity contribution is 4.84. The van der Waals surface area contributed by atoms with Crippen LogP contribution in [0.1, 0.15) is 0 Å². The van der Waals surface area contributed by atoms with Gasteiger partial charge in [0.2, 0.25) is 0 Å². The van der Waals surface area contributed by atoms with Gasteiger partial charge in [-0.15, -0.1) is 0 Å². The molecule has 0 aliphatic carbocycles. The highest BCUT2D eigenvalue weighted by Gasteiger charge is 2.41. The Balaban J connectivity index is 3.03. The molecule has 0 saturated heterocycles. The Hall–Kier alpha value is -2.18. The summed E-state index contributed by atoms with van der Waals surface area (Å²) in [6.07, 6.45) is 1.39. The number of hydrogen-bond acceptors (Lipinski definition) is 4. The summed E-state index contributed by atoms with van der Waals surface area (Å²) in [6.45, 7) is 0. The van der Waals surface area contributed by atoms with Crippen molar-refractivity contribution in [2.24, 2.45) is 0 Å². The van der Waals surface area contributed by atoms with E-state index in [0.29, 0.717) is 0 Å². The minimum Gasteiger partial charge on any atom is -0.260 e. The van der Waals surface area contributed by atoms with Crippen LogP contribution in [0.3, 0.4) is 0 Å². The molecule has 0 spiro atoms. The van der Waals surface area contributed by atoms with Crippen molar-refractivity contribution in [1.82, 2.24) is 0 Å². The van der Waals surface area contributed by atoms with Crippen LogP contribution in [0.5, 0.6) is 0 Å². The van der Waals surface area contributed by atoms with Crippen LogP contribution < -0.4 is 4.57 Å². The third-order valence-electron chi connectivity index (χ3n) is 1.27. The second kappa shape index (κ2) is 3.48. The van der Waals surface area contributed by atoms with Crippen molar-refractivity contribution in [1.29, 1.82) is 0 Å². The van der Waals surface area contributed by atoms with Gasteiger partial charge in [0.1, 0.15) is 9.85 Å². The first-order valence-electron chi connectivity index (χ1n) is 3.25. The quantitative estimate of drug-likeness (QED) is 0.281. The number of aromatic nitrogens is 1. The highest BCUT2D eigenvalue weighted by atomic mass is 16.7. The van der Waals surface area contributed by atoms with E-state index < -0.39 is 16.1 Å². The molecule has 0 bridgehead atoms. The largest absolute Gasteiger partial charge is 0.711 e. The van der Waals surface area contributed by atoms with Crippen LogP contribution in [0, 0.1) is 26.5 Å². The zero-order chi connectivity index (χ0) is 9.84. The molecule has 1 aromatic heterocycles. The van der Waals surface area contributed by atoms with Gasteiger partial charge in [0.05, 0.1) is 12.4 Å². The van der Waals surface area contributed by atoms with Crippen molar-refractivity contribution >= 4 is 0 Å². The van der Waals surface area contributed by atoms with Gasteiger partial charge in [0.15, 0.2) is 0 Å². The Morgan fingerprint density at radius 3 is 1.85 bits per heavy atom. The van der Waals surface area contributed by atoms with Crippen LogP contribution in [0.25, 0.3) is 0 Å². The lowest BCUT2D eigenvalue weighted by Crippen LogP contribution is -2.48. The Morgan fingerprint density at radius 2 is 1.46 bits per heavy atom. The van der Waals surface area contributed by atoms with Crippen molar-refractivity contribution in [3.63, 3.8) is 0 Å². The lowest BCUT2D eigenvalue weighted by molar-refractivity contribution is -0.909. The molecule has 0 unspecified atom stereocenters. The van der Waals surface area contributed by atoms with E-state index in [1.165, 1.54) is 24.5 Å². The predicted octanol–water partition coefficient (Wildman–Crippen LogP) is -0.177. The summed E-state index contributed by atoms with van der Waals surface area (Å²) in [5.41, 5.74) is 0.